The van der Waals surface area contributed by atoms with Crippen molar-refractivity contribution in [2.24, 2.45) is 0 Å². The molecule has 0 aliphatic rings. The molecule has 1 aromatic heterocycles. The van der Waals surface area contributed by atoms with E-state index in [-0.39, 0.29) is 0 Å². The summed E-state index contributed by atoms with van der Waals surface area (Å²) >= 11 is 0. The molecule has 10 aromatic rings. The Morgan fingerprint density at radius 3 is 1.63 bits per heavy atom. The highest BCUT2D eigenvalue weighted by Crippen LogP contribution is 2.42. The number of fused-ring (bicyclic) bond motifs is 4. The minimum absolute atomic E-state index is 1.10. The highest BCUT2D eigenvalue weighted by molar-refractivity contribution is 6.16. The third-order valence-electron chi connectivity index (χ3n) is 10.6. The molecule has 9 aromatic carbocycles. The third kappa shape index (κ3) is 5.53. The molecule has 1 heterocycles. The predicted octanol–water partition coefficient (Wildman–Crippen LogP) is 14.4. The lowest BCUT2D eigenvalue weighted by Gasteiger charge is -2.26. The van der Waals surface area contributed by atoms with Gasteiger partial charge in [0.05, 0.1) is 11.0 Å². The molecule has 10 rings (SSSR count). The van der Waals surface area contributed by atoms with E-state index < -0.39 is 0 Å². The van der Waals surface area contributed by atoms with Crippen molar-refractivity contribution in [3.8, 4) is 39.1 Å². The van der Waals surface area contributed by atoms with Gasteiger partial charge in [-0.05, 0) is 105 Å². The molecule has 0 amide bonds. The zero-order valence-electron chi connectivity index (χ0n) is 29.7. The number of para-hydroxylation sites is 2. The van der Waals surface area contributed by atoms with Gasteiger partial charge in [-0.2, -0.15) is 0 Å². The van der Waals surface area contributed by atoms with Crippen LogP contribution >= 0.6 is 0 Å². The lowest BCUT2D eigenvalue weighted by molar-refractivity contribution is 1.18. The van der Waals surface area contributed by atoms with E-state index in [0.717, 1.165) is 22.7 Å². The van der Waals surface area contributed by atoms with E-state index in [0.29, 0.717) is 0 Å². The largest absolute Gasteiger partial charge is 0.310 e. The second-order valence-electron chi connectivity index (χ2n) is 13.8. The quantitative estimate of drug-likeness (QED) is 0.162. The number of nitrogens with zero attached hydrogens (tertiary/aromatic N) is 2. The zero-order valence-corrected chi connectivity index (χ0v) is 29.7. The topological polar surface area (TPSA) is 8.17 Å². The molecular formula is C52H36N2. The van der Waals surface area contributed by atoms with Gasteiger partial charge in [-0.15, -0.1) is 0 Å². The number of rotatable bonds is 7. The number of anilines is 3. The summed E-state index contributed by atoms with van der Waals surface area (Å²) in [5.74, 6) is 0. The van der Waals surface area contributed by atoms with Gasteiger partial charge in [0.2, 0.25) is 0 Å². The van der Waals surface area contributed by atoms with Crippen molar-refractivity contribution in [1.82, 2.24) is 4.57 Å². The van der Waals surface area contributed by atoms with E-state index in [1.807, 2.05) is 0 Å². The van der Waals surface area contributed by atoms with Crippen molar-refractivity contribution in [2.45, 2.75) is 0 Å². The number of aromatic nitrogens is 1. The van der Waals surface area contributed by atoms with Gasteiger partial charge in [0.1, 0.15) is 0 Å². The molecule has 0 radical (unpaired) electrons. The fraction of sp³-hybridized carbons (Fsp3) is 0. The Labute approximate surface area is 315 Å². The van der Waals surface area contributed by atoms with Gasteiger partial charge < -0.3 is 9.47 Å². The van der Waals surface area contributed by atoms with Gasteiger partial charge >= 0.3 is 0 Å². The SMILES string of the molecule is c1ccc(-c2ccc(N(c3ccc(-c4cccc5ccccc45)cc3)c3cccc(-c4cccc5c4c4ccccc4n5-c4ccccc4)c3)cc2)cc1. The standard InChI is InChI=1S/C52H36N2/c1-3-14-37(15-4-1)38-28-32-43(33-29-38)53(44-34-30-40(31-35-44)47-24-12-17-39-16-7-8-22-46(39)47)45-21-11-18-41(36-45)48-25-13-27-51-52(48)49-23-9-10-26-50(49)54(51)42-19-5-2-6-20-42/h1-36H. The average molecular weight is 689 g/mol. The van der Waals surface area contributed by atoms with Gasteiger partial charge in [-0.25, -0.2) is 0 Å². The maximum atomic E-state index is 2.39. The molecule has 0 spiro atoms. The average Bonchev–Trinajstić information content (AvgIpc) is 3.59. The molecule has 0 saturated heterocycles. The molecule has 0 atom stereocenters. The summed E-state index contributed by atoms with van der Waals surface area (Å²) < 4.78 is 2.39. The molecular weight excluding hydrogens is 653 g/mol. The van der Waals surface area contributed by atoms with Crippen LogP contribution in [0.4, 0.5) is 17.1 Å². The maximum Gasteiger partial charge on any atom is 0.0547 e. The van der Waals surface area contributed by atoms with Crippen molar-refractivity contribution in [3.05, 3.63) is 218 Å². The Morgan fingerprint density at radius 1 is 0.315 bits per heavy atom. The van der Waals surface area contributed by atoms with Crippen molar-refractivity contribution in [1.29, 1.82) is 0 Å². The van der Waals surface area contributed by atoms with Crippen LogP contribution in [-0.4, -0.2) is 4.57 Å². The monoisotopic (exact) mass is 688 g/mol. The van der Waals surface area contributed by atoms with Crippen LogP contribution in [0.25, 0.3) is 71.6 Å². The highest BCUT2D eigenvalue weighted by atomic mass is 15.1. The summed E-state index contributed by atoms with van der Waals surface area (Å²) in [5.41, 5.74) is 14.1. The van der Waals surface area contributed by atoms with Crippen LogP contribution in [-0.2, 0) is 0 Å². The summed E-state index contributed by atoms with van der Waals surface area (Å²) in [5, 5.41) is 5.01. The Morgan fingerprint density at radius 2 is 0.852 bits per heavy atom. The van der Waals surface area contributed by atoms with Gasteiger partial charge in [0.25, 0.3) is 0 Å². The molecule has 2 nitrogen and oxygen atoms in total. The summed E-state index contributed by atoms with van der Waals surface area (Å²) in [6.07, 6.45) is 0. The van der Waals surface area contributed by atoms with Crippen LogP contribution in [0.1, 0.15) is 0 Å². The maximum absolute atomic E-state index is 2.39. The van der Waals surface area contributed by atoms with Crippen LogP contribution in [0.5, 0.6) is 0 Å². The van der Waals surface area contributed by atoms with Crippen LogP contribution in [0, 0.1) is 0 Å². The fourth-order valence-electron chi connectivity index (χ4n) is 8.08. The summed E-state index contributed by atoms with van der Waals surface area (Å²) in [6, 6.07) is 78.8. The van der Waals surface area contributed by atoms with Crippen molar-refractivity contribution >= 4 is 49.6 Å². The first-order chi connectivity index (χ1) is 26.8. The van der Waals surface area contributed by atoms with Crippen molar-refractivity contribution in [3.63, 3.8) is 0 Å². The molecule has 0 bridgehead atoms. The molecule has 54 heavy (non-hydrogen) atoms. The second-order valence-corrected chi connectivity index (χ2v) is 13.8. The second kappa shape index (κ2) is 13.4. The van der Waals surface area contributed by atoms with E-state index >= 15 is 0 Å². The van der Waals surface area contributed by atoms with Crippen LogP contribution in [0.2, 0.25) is 0 Å². The van der Waals surface area contributed by atoms with E-state index in [1.54, 1.807) is 0 Å². The summed E-state index contributed by atoms with van der Waals surface area (Å²) in [6.45, 7) is 0. The van der Waals surface area contributed by atoms with Gasteiger partial charge in [0, 0.05) is 33.5 Å². The third-order valence-corrected chi connectivity index (χ3v) is 10.6. The molecule has 0 aliphatic carbocycles. The molecule has 0 N–H and O–H groups in total. The molecule has 0 saturated carbocycles. The van der Waals surface area contributed by atoms with Crippen LogP contribution < -0.4 is 4.90 Å². The van der Waals surface area contributed by atoms with E-state index in [2.05, 4.69) is 228 Å². The lowest BCUT2D eigenvalue weighted by Crippen LogP contribution is -2.10. The first-order valence-electron chi connectivity index (χ1n) is 18.5. The Kier molecular flexibility index (Phi) is 7.85. The Hall–Kier alpha value is -7.16. The summed E-state index contributed by atoms with van der Waals surface area (Å²) in [4.78, 5) is 2.37. The Balaban J connectivity index is 1.12. The van der Waals surface area contributed by atoms with E-state index in [9.17, 15) is 0 Å². The van der Waals surface area contributed by atoms with Gasteiger partial charge in [-0.1, -0.05) is 158 Å². The van der Waals surface area contributed by atoms with Crippen molar-refractivity contribution in [2.75, 3.05) is 4.90 Å². The molecule has 2 heteroatoms. The first kappa shape index (κ1) is 31.6. The van der Waals surface area contributed by atoms with Gasteiger partial charge in [0.15, 0.2) is 0 Å². The molecule has 0 fully saturated rings. The lowest BCUT2D eigenvalue weighted by atomic mass is 9.97. The number of benzene rings is 9. The van der Waals surface area contributed by atoms with Crippen molar-refractivity contribution < 1.29 is 0 Å². The predicted molar refractivity (Wildman–Crippen MR) is 229 cm³/mol. The fourth-order valence-corrected chi connectivity index (χ4v) is 8.08. The number of hydrogen-bond acceptors (Lipinski definition) is 1. The van der Waals surface area contributed by atoms with E-state index in [1.165, 1.54) is 66.0 Å². The van der Waals surface area contributed by atoms with Gasteiger partial charge in [-0.3, -0.25) is 0 Å². The summed E-state index contributed by atoms with van der Waals surface area (Å²) in [7, 11) is 0. The highest BCUT2D eigenvalue weighted by Gasteiger charge is 2.18. The minimum Gasteiger partial charge on any atom is -0.310 e. The molecule has 0 aliphatic heterocycles. The van der Waals surface area contributed by atoms with Crippen LogP contribution in [0.3, 0.4) is 0 Å². The van der Waals surface area contributed by atoms with Crippen LogP contribution in [0.15, 0.2) is 218 Å². The first-order valence-corrected chi connectivity index (χ1v) is 18.5. The Bertz CT molecular complexity index is 2900. The zero-order chi connectivity index (χ0) is 35.8. The number of hydrogen-bond donors (Lipinski definition) is 0. The minimum atomic E-state index is 1.10. The molecule has 0 unspecified atom stereocenters. The normalized spacial score (nSPS) is 11.3. The molecule has 254 valence electrons. The van der Waals surface area contributed by atoms with E-state index in [4.69, 9.17) is 0 Å². The smallest absolute Gasteiger partial charge is 0.0547 e.